The molecule has 0 aromatic heterocycles. The van der Waals surface area contributed by atoms with Crippen molar-refractivity contribution in [3.8, 4) is 17.2 Å². The van der Waals surface area contributed by atoms with Crippen molar-refractivity contribution in [2.75, 3.05) is 21.3 Å². The van der Waals surface area contributed by atoms with Gasteiger partial charge in [0.1, 0.15) is 29.2 Å². The Labute approximate surface area is 122 Å². The minimum atomic E-state index is -1.14. The van der Waals surface area contributed by atoms with E-state index in [9.17, 15) is 9.50 Å². The summed E-state index contributed by atoms with van der Waals surface area (Å²) in [6.07, 6.45) is -1.14. The molecule has 1 atom stereocenters. The van der Waals surface area contributed by atoms with Gasteiger partial charge in [-0.2, -0.15) is 0 Å². The highest BCUT2D eigenvalue weighted by molar-refractivity contribution is 5.46. The lowest BCUT2D eigenvalue weighted by Crippen LogP contribution is -2.05. The first-order valence-electron chi connectivity index (χ1n) is 6.34. The van der Waals surface area contributed by atoms with Gasteiger partial charge in [-0.1, -0.05) is 0 Å². The van der Waals surface area contributed by atoms with Crippen LogP contribution in [-0.2, 0) is 0 Å². The maximum absolute atomic E-state index is 14.0. The molecule has 2 rings (SSSR count). The molecule has 1 unspecified atom stereocenters. The molecule has 4 nitrogen and oxygen atoms in total. The lowest BCUT2D eigenvalue weighted by molar-refractivity contribution is 0.209. The summed E-state index contributed by atoms with van der Waals surface area (Å²) in [5.74, 6) is 0.875. The van der Waals surface area contributed by atoms with Crippen LogP contribution in [0.2, 0.25) is 0 Å². The Morgan fingerprint density at radius 2 is 1.43 bits per heavy atom. The first-order chi connectivity index (χ1) is 10.1. The maximum Gasteiger partial charge on any atom is 0.133 e. The zero-order chi connectivity index (χ0) is 15.4. The van der Waals surface area contributed by atoms with Gasteiger partial charge in [0.2, 0.25) is 0 Å². The molecule has 112 valence electrons. The third-order valence-electron chi connectivity index (χ3n) is 3.24. The first-order valence-corrected chi connectivity index (χ1v) is 6.34. The van der Waals surface area contributed by atoms with Gasteiger partial charge >= 0.3 is 0 Å². The molecule has 0 fully saturated rings. The number of hydrogen-bond donors (Lipinski definition) is 1. The van der Waals surface area contributed by atoms with Crippen molar-refractivity contribution in [3.63, 3.8) is 0 Å². The summed E-state index contributed by atoms with van der Waals surface area (Å²) in [7, 11) is 4.47. The molecule has 2 aromatic rings. The van der Waals surface area contributed by atoms with Crippen LogP contribution in [0, 0.1) is 5.82 Å². The fourth-order valence-electron chi connectivity index (χ4n) is 2.07. The molecule has 0 aliphatic carbocycles. The number of halogens is 1. The summed E-state index contributed by atoms with van der Waals surface area (Å²) in [5.41, 5.74) is 0.613. The molecule has 0 heterocycles. The van der Waals surface area contributed by atoms with Crippen LogP contribution in [0.5, 0.6) is 17.2 Å². The van der Waals surface area contributed by atoms with Gasteiger partial charge in [-0.05, 0) is 24.3 Å². The van der Waals surface area contributed by atoms with Crippen LogP contribution in [0.4, 0.5) is 4.39 Å². The van der Waals surface area contributed by atoms with E-state index in [-0.39, 0.29) is 5.56 Å². The van der Waals surface area contributed by atoms with Crippen molar-refractivity contribution >= 4 is 0 Å². The van der Waals surface area contributed by atoms with Crippen molar-refractivity contribution in [3.05, 3.63) is 53.3 Å². The van der Waals surface area contributed by atoms with Gasteiger partial charge in [0.25, 0.3) is 0 Å². The van der Waals surface area contributed by atoms with E-state index >= 15 is 0 Å². The Hall–Kier alpha value is -2.27. The Bertz CT molecular complexity index is 628. The second kappa shape index (κ2) is 6.45. The third-order valence-corrected chi connectivity index (χ3v) is 3.24. The maximum atomic E-state index is 14.0. The molecule has 21 heavy (non-hydrogen) atoms. The topological polar surface area (TPSA) is 47.9 Å². The molecule has 0 saturated heterocycles. The molecule has 0 amide bonds. The number of benzene rings is 2. The van der Waals surface area contributed by atoms with Gasteiger partial charge in [0, 0.05) is 23.3 Å². The predicted octanol–water partition coefficient (Wildman–Crippen LogP) is 2.93. The minimum Gasteiger partial charge on any atom is -0.497 e. The predicted molar refractivity (Wildman–Crippen MR) is 76.6 cm³/mol. The second-order valence-electron chi connectivity index (χ2n) is 4.40. The quantitative estimate of drug-likeness (QED) is 0.920. The number of methoxy groups -OCH3 is 3. The molecule has 0 bridgehead atoms. The number of ether oxygens (including phenoxy) is 3. The highest BCUT2D eigenvalue weighted by Gasteiger charge is 2.19. The lowest BCUT2D eigenvalue weighted by Gasteiger charge is -2.17. The van der Waals surface area contributed by atoms with E-state index in [4.69, 9.17) is 14.2 Å². The Kier molecular flexibility index (Phi) is 4.65. The Morgan fingerprint density at radius 3 is 1.95 bits per heavy atom. The Balaban J connectivity index is 2.42. The van der Waals surface area contributed by atoms with Gasteiger partial charge in [-0.3, -0.25) is 0 Å². The van der Waals surface area contributed by atoms with Crippen LogP contribution >= 0.6 is 0 Å². The molecule has 0 aliphatic rings. The van der Waals surface area contributed by atoms with E-state index in [1.54, 1.807) is 24.3 Å². The monoisotopic (exact) mass is 292 g/mol. The summed E-state index contributed by atoms with van der Waals surface area (Å²) in [6, 6.07) is 9.28. The lowest BCUT2D eigenvalue weighted by atomic mass is 10.00. The van der Waals surface area contributed by atoms with Crippen molar-refractivity contribution in [2.45, 2.75) is 6.10 Å². The molecule has 1 N–H and O–H groups in total. The van der Waals surface area contributed by atoms with Gasteiger partial charge in [-0.15, -0.1) is 0 Å². The summed E-state index contributed by atoms with van der Waals surface area (Å²) in [5, 5.41) is 10.4. The van der Waals surface area contributed by atoms with Crippen LogP contribution in [0.15, 0.2) is 36.4 Å². The van der Waals surface area contributed by atoms with Gasteiger partial charge in [0.05, 0.1) is 21.3 Å². The molecule has 0 radical (unpaired) electrons. The fraction of sp³-hybridized carbons (Fsp3) is 0.250. The van der Waals surface area contributed by atoms with E-state index in [1.807, 2.05) is 0 Å². The minimum absolute atomic E-state index is 0.152. The number of hydrogen-bond acceptors (Lipinski definition) is 4. The first kappa shape index (κ1) is 15.1. The van der Waals surface area contributed by atoms with Gasteiger partial charge in [-0.25, -0.2) is 4.39 Å². The molecule has 0 spiro atoms. The number of rotatable bonds is 5. The SMILES string of the molecule is COc1ccc(C(O)c2ccc(OC)cc2OC)c(F)c1. The van der Waals surface area contributed by atoms with E-state index in [0.717, 1.165) is 0 Å². The standard InChI is InChI=1S/C16H17FO4/c1-19-10-4-6-12(14(17)8-10)16(18)13-7-5-11(20-2)9-15(13)21-3/h4-9,16,18H,1-3H3. The average molecular weight is 292 g/mol. The smallest absolute Gasteiger partial charge is 0.133 e. The van der Waals surface area contributed by atoms with E-state index in [1.165, 1.54) is 33.5 Å². The second-order valence-corrected chi connectivity index (χ2v) is 4.40. The largest absolute Gasteiger partial charge is 0.497 e. The normalized spacial score (nSPS) is 11.9. The van der Waals surface area contributed by atoms with E-state index in [2.05, 4.69) is 0 Å². The number of aliphatic hydroxyl groups excluding tert-OH is 1. The molecule has 5 heteroatoms. The molecule has 0 saturated carbocycles. The van der Waals surface area contributed by atoms with E-state index < -0.39 is 11.9 Å². The zero-order valence-electron chi connectivity index (χ0n) is 12.1. The Morgan fingerprint density at radius 1 is 0.857 bits per heavy atom. The van der Waals surface area contributed by atoms with Crippen LogP contribution in [0.3, 0.4) is 0 Å². The van der Waals surface area contributed by atoms with Crippen molar-refractivity contribution in [2.24, 2.45) is 0 Å². The van der Waals surface area contributed by atoms with Crippen LogP contribution in [-0.4, -0.2) is 26.4 Å². The highest BCUT2D eigenvalue weighted by atomic mass is 19.1. The summed E-state index contributed by atoms with van der Waals surface area (Å²) in [4.78, 5) is 0. The van der Waals surface area contributed by atoms with Crippen LogP contribution < -0.4 is 14.2 Å². The van der Waals surface area contributed by atoms with Crippen molar-refractivity contribution in [1.82, 2.24) is 0 Å². The third kappa shape index (κ3) is 3.08. The number of aliphatic hydroxyl groups is 1. The van der Waals surface area contributed by atoms with E-state index in [0.29, 0.717) is 22.8 Å². The fourth-order valence-corrected chi connectivity index (χ4v) is 2.07. The zero-order valence-corrected chi connectivity index (χ0v) is 12.1. The van der Waals surface area contributed by atoms with Crippen LogP contribution in [0.25, 0.3) is 0 Å². The molecular formula is C16H17FO4. The van der Waals surface area contributed by atoms with Gasteiger partial charge in [0.15, 0.2) is 0 Å². The summed E-state index contributed by atoms with van der Waals surface area (Å²) >= 11 is 0. The van der Waals surface area contributed by atoms with Crippen LogP contribution in [0.1, 0.15) is 17.2 Å². The molecule has 2 aromatic carbocycles. The summed E-state index contributed by atoms with van der Waals surface area (Å²) < 4.78 is 29.3. The summed E-state index contributed by atoms with van der Waals surface area (Å²) in [6.45, 7) is 0. The highest BCUT2D eigenvalue weighted by Crippen LogP contribution is 2.34. The average Bonchev–Trinajstić information content (AvgIpc) is 2.53. The van der Waals surface area contributed by atoms with Crippen molar-refractivity contribution < 1.29 is 23.7 Å². The molecule has 0 aliphatic heterocycles. The van der Waals surface area contributed by atoms with Crippen molar-refractivity contribution in [1.29, 1.82) is 0 Å². The van der Waals surface area contributed by atoms with Gasteiger partial charge < -0.3 is 19.3 Å². The molecular weight excluding hydrogens is 275 g/mol.